The number of hydrogen-bond donors (Lipinski definition) is 4. The minimum Gasteiger partial charge on any atom is -0.444 e. The van der Waals surface area contributed by atoms with Crippen LogP contribution in [0.4, 0.5) is 9.59 Å². The summed E-state index contributed by atoms with van der Waals surface area (Å²) in [7, 11) is 0. The molecule has 11 heteroatoms. The SMILES string of the molecule is C#Cc1ccc(C(C)NC(=O)[C@@H]2C[C@@H](O)CN2C(=O)C(NC(=O)Oc2ccccc2)C(C)(C)CCNC(=O)OC(C)(C)C)cc1. The topological polar surface area (TPSA) is 146 Å². The van der Waals surface area contributed by atoms with Crippen LogP contribution in [0.1, 0.15) is 71.6 Å². The van der Waals surface area contributed by atoms with Crippen molar-refractivity contribution in [2.24, 2.45) is 5.41 Å². The van der Waals surface area contributed by atoms with E-state index in [9.17, 15) is 24.3 Å². The summed E-state index contributed by atoms with van der Waals surface area (Å²) >= 11 is 0. The molecule has 0 aromatic heterocycles. The molecule has 2 unspecified atom stereocenters. The van der Waals surface area contributed by atoms with E-state index in [0.29, 0.717) is 5.56 Å². The average Bonchev–Trinajstić information content (AvgIpc) is 3.36. The van der Waals surface area contributed by atoms with Gasteiger partial charge in [0.25, 0.3) is 0 Å². The molecule has 0 aliphatic carbocycles. The summed E-state index contributed by atoms with van der Waals surface area (Å²) in [5.74, 6) is 1.83. The average molecular weight is 621 g/mol. The van der Waals surface area contributed by atoms with Crippen molar-refractivity contribution < 1.29 is 33.8 Å². The number of carbonyl (C=O) groups is 4. The number of carbonyl (C=O) groups excluding carboxylic acids is 4. The Labute approximate surface area is 265 Å². The van der Waals surface area contributed by atoms with Gasteiger partial charge in [0.05, 0.1) is 12.1 Å². The summed E-state index contributed by atoms with van der Waals surface area (Å²) in [6.45, 7) is 10.6. The van der Waals surface area contributed by atoms with Crippen molar-refractivity contribution in [2.75, 3.05) is 13.1 Å². The first-order valence-corrected chi connectivity index (χ1v) is 15.0. The van der Waals surface area contributed by atoms with E-state index in [-0.39, 0.29) is 31.7 Å². The van der Waals surface area contributed by atoms with E-state index in [1.807, 2.05) is 19.1 Å². The normalized spacial score (nSPS) is 17.8. The summed E-state index contributed by atoms with van der Waals surface area (Å²) in [4.78, 5) is 54.2. The largest absolute Gasteiger partial charge is 0.444 e. The zero-order chi connectivity index (χ0) is 33.4. The van der Waals surface area contributed by atoms with Gasteiger partial charge in [-0.3, -0.25) is 9.59 Å². The molecule has 1 heterocycles. The Balaban J connectivity index is 1.80. The summed E-state index contributed by atoms with van der Waals surface area (Å²) in [5.41, 5.74) is -0.0975. The van der Waals surface area contributed by atoms with Crippen molar-refractivity contribution in [1.29, 1.82) is 0 Å². The van der Waals surface area contributed by atoms with Crippen LogP contribution in [-0.2, 0) is 14.3 Å². The molecule has 1 aliphatic rings. The summed E-state index contributed by atoms with van der Waals surface area (Å²) in [5, 5.41) is 18.9. The lowest BCUT2D eigenvalue weighted by Gasteiger charge is -2.37. The first-order valence-electron chi connectivity index (χ1n) is 15.0. The Kier molecular flexibility index (Phi) is 11.6. The highest BCUT2D eigenvalue weighted by molar-refractivity contribution is 5.92. The van der Waals surface area contributed by atoms with Crippen LogP contribution in [0.3, 0.4) is 0 Å². The third-order valence-electron chi connectivity index (χ3n) is 7.48. The van der Waals surface area contributed by atoms with Gasteiger partial charge < -0.3 is 35.4 Å². The van der Waals surface area contributed by atoms with Crippen molar-refractivity contribution in [3.05, 3.63) is 65.7 Å². The number of nitrogens with zero attached hydrogens (tertiary/aromatic N) is 1. The Morgan fingerprint density at radius 2 is 1.64 bits per heavy atom. The molecule has 0 spiro atoms. The molecule has 45 heavy (non-hydrogen) atoms. The number of terminal acetylenes is 1. The summed E-state index contributed by atoms with van der Waals surface area (Å²) in [6.07, 6.45) is 3.31. The number of hydrogen-bond acceptors (Lipinski definition) is 7. The van der Waals surface area contributed by atoms with Crippen LogP contribution in [0, 0.1) is 17.8 Å². The number of nitrogens with one attached hydrogen (secondary N) is 3. The second kappa shape index (κ2) is 14.9. The number of para-hydroxylation sites is 1. The first-order chi connectivity index (χ1) is 21.1. The maximum absolute atomic E-state index is 14.2. The predicted octanol–water partition coefficient (Wildman–Crippen LogP) is 3.91. The van der Waals surface area contributed by atoms with E-state index in [1.165, 1.54) is 4.90 Å². The highest BCUT2D eigenvalue weighted by Gasteiger charge is 2.46. The molecule has 4 amide bonds. The van der Waals surface area contributed by atoms with Gasteiger partial charge in [0.1, 0.15) is 23.4 Å². The molecular formula is C34H44N4O7. The minimum absolute atomic E-state index is 0.0299. The molecule has 1 fully saturated rings. The summed E-state index contributed by atoms with van der Waals surface area (Å²) < 4.78 is 10.7. The van der Waals surface area contributed by atoms with E-state index in [1.54, 1.807) is 77.1 Å². The molecular weight excluding hydrogens is 576 g/mol. The van der Waals surface area contributed by atoms with E-state index in [0.717, 1.165) is 5.56 Å². The van der Waals surface area contributed by atoms with Gasteiger partial charge in [0.2, 0.25) is 11.8 Å². The number of amides is 4. The van der Waals surface area contributed by atoms with Gasteiger partial charge in [0.15, 0.2) is 0 Å². The van der Waals surface area contributed by atoms with Gasteiger partial charge in [0, 0.05) is 25.1 Å². The smallest absolute Gasteiger partial charge is 0.413 e. The Bertz CT molecular complexity index is 1380. The van der Waals surface area contributed by atoms with Crippen molar-refractivity contribution in [1.82, 2.24) is 20.9 Å². The number of aliphatic hydroxyl groups is 1. The third-order valence-corrected chi connectivity index (χ3v) is 7.48. The molecule has 1 aliphatic heterocycles. The fourth-order valence-corrected chi connectivity index (χ4v) is 5.01. The molecule has 11 nitrogen and oxygen atoms in total. The molecule has 242 valence electrons. The molecule has 2 aromatic carbocycles. The number of ether oxygens (including phenoxy) is 2. The molecule has 4 N–H and O–H groups in total. The number of β-amino-alcohol motifs (C(OH)–C–C–N with tert-alkyl or cyclic N) is 1. The standard InChI is InChI=1S/C34H44N4O7/c1-8-23-14-16-24(17-15-23)22(2)36-29(40)27-20-25(39)21-38(27)30(41)28(37-32(43)44-26-12-10-9-11-13-26)34(6,7)18-19-35-31(42)45-33(3,4)5/h1,9-17,22,25,27-28,39H,18-21H2,2-7H3,(H,35,42)(H,36,40)(H,37,43)/t22?,25-,27+,28?/m1/s1. The lowest BCUT2D eigenvalue weighted by atomic mass is 9.80. The van der Waals surface area contributed by atoms with Gasteiger partial charge in [-0.2, -0.15) is 0 Å². The fraction of sp³-hybridized carbons (Fsp3) is 0.471. The van der Waals surface area contributed by atoms with Gasteiger partial charge in [-0.15, -0.1) is 6.42 Å². The van der Waals surface area contributed by atoms with Crippen LogP contribution in [0.2, 0.25) is 0 Å². The zero-order valence-electron chi connectivity index (χ0n) is 26.8. The maximum atomic E-state index is 14.2. The van der Waals surface area contributed by atoms with E-state index in [4.69, 9.17) is 15.9 Å². The van der Waals surface area contributed by atoms with E-state index < -0.39 is 59.2 Å². The molecule has 0 bridgehead atoms. The second-order valence-electron chi connectivity index (χ2n) is 12.8. The molecule has 4 atom stereocenters. The number of rotatable bonds is 10. The lowest BCUT2D eigenvalue weighted by Crippen LogP contribution is -2.59. The Hall–Kier alpha value is -4.56. The minimum atomic E-state index is -1.18. The van der Waals surface area contributed by atoms with Gasteiger partial charge in [-0.1, -0.05) is 50.1 Å². The lowest BCUT2D eigenvalue weighted by molar-refractivity contribution is -0.142. The predicted molar refractivity (Wildman–Crippen MR) is 169 cm³/mol. The number of benzene rings is 2. The maximum Gasteiger partial charge on any atom is 0.413 e. The molecule has 0 radical (unpaired) electrons. The van der Waals surface area contributed by atoms with Crippen LogP contribution < -0.4 is 20.7 Å². The van der Waals surface area contributed by atoms with Crippen molar-refractivity contribution in [3.63, 3.8) is 0 Å². The molecule has 1 saturated heterocycles. The summed E-state index contributed by atoms with van der Waals surface area (Å²) in [6, 6.07) is 13.0. The third kappa shape index (κ3) is 10.3. The van der Waals surface area contributed by atoms with E-state index in [2.05, 4.69) is 21.9 Å². The number of likely N-dealkylation sites (tertiary alicyclic amines) is 1. The fourth-order valence-electron chi connectivity index (χ4n) is 5.01. The van der Waals surface area contributed by atoms with E-state index >= 15 is 0 Å². The molecule has 0 saturated carbocycles. The van der Waals surface area contributed by atoms with Crippen molar-refractivity contribution in [2.45, 2.75) is 84.2 Å². The van der Waals surface area contributed by atoms with Crippen molar-refractivity contribution in [3.8, 4) is 18.1 Å². The molecule has 3 rings (SSSR count). The van der Waals surface area contributed by atoms with Crippen LogP contribution in [0.25, 0.3) is 0 Å². The number of alkyl carbamates (subject to hydrolysis) is 1. The number of aliphatic hydroxyl groups excluding tert-OH is 1. The van der Waals surface area contributed by atoms with Gasteiger partial charge in [-0.05, 0) is 69.4 Å². The molecule has 2 aromatic rings. The Morgan fingerprint density at radius 3 is 2.24 bits per heavy atom. The monoisotopic (exact) mass is 620 g/mol. The van der Waals surface area contributed by atoms with Crippen LogP contribution >= 0.6 is 0 Å². The van der Waals surface area contributed by atoms with Crippen LogP contribution in [-0.4, -0.2) is 70.9 Å². The first kappa shape index (κ1) is 34.9. The highest BCUT2D eigenvalue weighted by Crippen LogP contribution is 2.30. The van der Waals surface area contributed by atoms with Crippen molar-refractivity contribution >= 4 is 24.0 Å². The van der Waals surface area contributed by atoms with Crippen LogP contribution in [0.15, 0.2) is 54.6 Å². The quantitative estimate of drug-likeness (QED) is 0.295. The Morgan fingerprint density at radius 1 is 1.00 bits per heavy atom. The van der Waals surface area contributed by atoms with Gasteiger partial charge >= 0.3 is 12.2 Å². The zero-order valence-corrected chi connectivity index (χ0v) is 26.8. The van der Waals surface area contributed by atoms with Crippen LogP contribution in [0.5, 0.6) is 5.75 Å². The second-order valence-corrected chi connectivity index (χ2v) is 12.8. The highest BCUT2D eigenvalue weighted by atomic mass is 16.6. The van der Waals surface area contributed by atoms with Gasteiger partial charge in [-0.25, -0.2) is 9.59 Å².